The minimum absolute atomic E-state index is 0.0521. The molecule has 0 aromatic heterocycles. The first kappa shape index (κ1) is 33.3. The number of aromatic carboxylic acids is 1. The molecule has 0 heterocycles. The molecule has 3 N–H and O–H groups in total. The van der Waals surface area contributed by atoms with E-state index in [-0.39, 0.29) is 41.4 Å². The van der Waals surface area contributed by atoms with Crippen molar-refractivity contribution < 1.29 is 33.8 Å². The van der Waals surface area contributed by atoms with Crippen LogP contribution in [0.2, 0.25) is 0 Å². The van der Waals surface area contributed by atoms with Crippen molar-refractivity contribution in [3.63, 3.8) is 0 Å². The van der Waals surface area contributed by atoms with Crippen molar-refractivity contribution >= 4 is 23.3 Å². The molecule has 45 heavy (non-hydrogen) atoms. The Morgan fingerprint density at radius 3 is 2.47 bits per heavy atom. The van der Waals surface area contributed by atoms with E-state index in [4.69, 9.17) is 14.2 Å². The van der Waals surface area contributed by atoms with E-state index in [1.165, 1.54) is 25.7 Å². The Hall–Kier alpha value is -4.64. The van der Waals surface area contributed by atoms with Crippen LogP contribution in [0.15, 0.2) is 60.7 Å². The molecule has 0 radical (unpaired) electrons. The van der Waals surface area contributed by atoms with E-state index >= 15 is 0 Å². The number of carbonyl (C=O) groups excluding carboxylic acids is 1. The molecule has 4 rings (SSSR count). The second-order valence-corrected chi connectivity index (χ2v) is 11.8. The Kier molecular flexibility index (Phi) is 11.4. The maximum atomic E-state index is 12.5. The van der Waals surface area contributed by atoms with Crippen LogP contribution in [0.5, 0.6) is 17.2 Å². The van der Waals surface area contributed by atoms with E-state index in [0.717, 1.165) is 30.2 Å². The number of rotatable bonds is 14. The fourth-order valence-corrected chi connectivity index (χ4v) is 5.65. The number of methoxy groups -OCH3 is 1. The lowest BCUT2D eigenvalue weighted by Gasteiger charge is -2.37. The van der Waals surface area contributed by atoms with Crippen molar-refractivity contribution in [2.45, 2.75) is 59.2 Å². The van der Waals surface area contributed by atoms with Crippen LogP contribution in [0, 0.1) is 27.9 Å². The molecule has 0 saturated heterocycles. The van der Waals surface area contributed by atoms with Crippen LogP contribution in [-0.4, -0.2) is 41.7 Å². The van der Waals surface area contributed by atoms with Gasteiger partial charge in [0.25, 0.3) is 5.69 Å². The molecule has 11 nitrogen and oxygen atoms in total. The van der Waals surface area contributed by atoms with Gasteiger partial charge in [0.1, 0.15) is 17.9 Å². The molecule has 0 bridgehead atoms. The van der Waals surface area contributed by atoms with E-state index in [1.807, 2.05) is 24.3 Å². The van der Waals surface area contributed by atoms with Crippen molar-refractivity contribution in [2.75, 3.05) is 19.0 Å². The Bertz CT molecular complexity index is 1490. The smallest absolute Gasteiger partial charge is 0.339 e. The molecule has 240 valence electrons. The number of nitro groups is 1. The first-order chi connectivity index (χ1) is 21.5. The van der Waals surface area contributed by atoms with Gasteiger partial charge in [-0.1, -0.05) is 51.5 Å². The minimum Gasteiger partial charge on any atom is -0.493 e. The van der Waals surface area contributed by atoms with Crippen molar-refractivity contribution in [1.29, 1.82) is 0 Å². The highest BCUT2D eigenvalue weighted by molar-refractivity contribution is 5.92. The number of carboxylic acid groups (broad SMARTS) is 1. The third-order valence-electron chi connectivity index (χ3n) is 8.21. The zero-order valence-electron chi connectivity index (χ0n) is 26.1. The summed E-state index contributed by atoms with van der Waals surface area (Å²) in [7, 11) is 1.47. The number of amides is 1. The number of ether oxygens (including phenoxy) is 3. The molecule has 3 aromatic carbocycles. The maximum Gasteiger partial charge on any atom is 0.339 e. The second-order valence-electron chi connectivity index (χ2n) is 11.8. The fraction of sp³-hybridized carbons (Fsp3) is 0.412. The van der Waals surface area contributed by atoms with Gasteiger partial charge in [0, 0.05) is 36.5 Å². The monoisotopic (exact) mass is 619 g/mol. The highest BCUT2D eigenvalue weighted by atomic mass is 16.6. The van der Waals surface area contributed by atoms with Gasteiger partial charge in [0.05, 0.1) is 18.1 Å². The van der Waals surface area contributed by atoms with Crippen molar-refractivity contribution in [3.05, 3.63) is 87.5 Å². The topological polar surface area (TPSA) is 149 Å². The van der Waals surface area contributed by atoms with E-state index < -0.39 is 10.9 Å². The number of benzene rings is 3. The molecule has 3 atom stereocenters. The summed E-state index contributed by atoms with van der Waals surface area (Å²) in [6.45, 7) is 7.43. The van der Waals surface area contributed by atoms with Crippen LogP contribution in [-0.2, 0) is 22.6 Å². The van der Waals surface area contributed by atoms with E-state index in [0.29, 0.717) is 42.2 Å². The van der Waals surface area contributed by atoms with Gasteiger partial charge in [0.15, 0.2) is 11.5 Å². The van der Waals surface area contributed by atoms with Gasteiger partial charge in [-0.15, -0.1) is 0 Å². The number of nitro benzene ring substituents is 1. The van der Waals surface area contributed by atoms with Crippen LogP contribution < -0.4 is 20.1 Å². The van der Waals surface area contributed by atoms with Crippen LogP contribution in [0.3, 0.4) is 0 Å². The van der Waals surface area contributed by atoms with Crippen LogP contribution in [0.4, 0.5) is 11.4 Å². The second kappa shape index (κ2) is 15.4. The lowest BCUT2D eigenvalue weighted by Crippen LogP contribution is -2.37. The minimum atomic E-state index is -1.36. The molecule has 1 amide bonds. The fourth-order valence-electron chi connectivity index (χ4n) is 5.65. The Balaban J connectivity index is 1.34. The summed E-state index contributed by atoms with van der Waals surface area (Å²) in [5, 5.41) is 27.0. The number of carbonyl (C=O) groups is 2. The first-order valence-corrected chi connectivity index (χ1v) is 15.1. The van der Waals surface area contributed by atoms with E-state index in [2.05, 4.69) is 31.4 Å². The molecule has 1 saturated carbocycles. The molecule has 1 aliphatic rings. The molecule has 0 spiro atoms. The summed E-state index contributed by atoms with van der Waals surface area (Å²) in [5.74, 6) is 0.739. The van der Waals surface area contributed by atoms with Gasteiger partial charge >= 0.3 is 5.97 Å². The Labute approximate surface area is 263 Å². The highest BCUT2D eigenvalue weighted by Crippen LogP contribution is 2.38. The van der Waals surface area contributed by atoms with Crippen LogP contribution >= 0.6 is 0 Å². The summed E-state index contributed by atoms with van der Waals surface area (Å²) >= 11 is 0. The average Bonchev–Trinajstić information content (AvgIpc) is 3.02. The lowest BCUT2D eigenvalue weighted by atomic mass is 9.75. The van der Waals surface area contributed by atoms with Gasteiger partial charge in [-0.05, 0) is 60.4 Å². The van der Waals surface area contributed by atoms with Crippen molar-refractivity contribution in [1.82, 2.24) is 5.32 Å². The zero-order valence-corrected chi connectivity index (χ0v) is 26.1. The molecule has 11 heteroatoms. The zero-order chi connectivity index (χ0) is 32.5. The predicted octanol–water partition coefficient (Wildman–Crippen LogP) is 6.80. The van der Waals surface area contributed by atoms with Gasteiger partial charge in [-0.3, -0.25) is 14.9 Å². The predicted molar refractivity (Wildman–Crippen MR) is 170 cm³/mol. The normalized spacial score (nSPS) is 17.8. The maximum absolute atomic E-state index is 12.5. The number of nitrogens with zero attached hydrogens (tertiary/aromatic N) is 1. The third-order valence-corrected chi connectivity index (χ3v) is 8.21. The summed E-state index contributed by atoms with van der Waals surface area (Å²) in [6, 6.07) is 16.3. The Morgan fingerprint density at radius 2 is 1.80 bits per heavy atom. The molecular weight excluding hydrogens is 578 g/mol. The molecule has 1 fully saturated rings. The molecule has 3 aromatic rings. The first-order valence-electron chi connectivity index (χ1n) is 15.1. The third kappa shape index (κ3) is 8.95. The lowest BCUT2D eigenvalue weighted by molar-refractivity contribution is -0.384. The summed E-state index contributed by atoms with van der Waals surface area (Å²) in [4.78, 5) is 34.8. The van der Waals surface area contributed by atoms with Crippen molar-refractivity contribution in [3.8, 4) is 17.2 Å². The number of anilines is 1. The number of carboxylic acids is 1. The van der Waals surface area contributed by atoms with Gasteiger partial charge in [-0.25, -0.2) is 4.79 Å². The highest BCUT2D eigenvalue weighted by Gasteiger charge is 2.31. The van der Waals surface area contributed by atoms with E-state index in [1.54, 1.807) is 18.2 Å². The average molecular weight is 620 g/mol. The summed E-state index contributed by atoms with van der Waals surface area (Å²) in [6.07, 6.45) is 3.47. The molecule has 0 aliphatic heterocycles. The largest absolute Gasteiger partial charge is 0.493 e. The number of nitrogens with one attached hydrogen (secondary N) is 2. The SMILES string of the molecule is COc1cccc(CNc2ccc(CNC(=O)CO[C@@H]3C[C@H](C)CC[C@H]3C(C)C)cc2)c1Oc1ccc([N+](=O)[O-])cc1C(=O)O. The van der Waals surface area contributed by atoms with Crippen LogP contribution in [0.1, 0.15) is 61.5 Å². The quantitative estimate of drug-likeness (QED) is 0.131. The van der Waals surface area contributed by atoms with E-state index in [9.17, 15) is 24.8 Å². The number of hydrogen-bond donors (Lipinski definition) is 3. The molecule has 0 unspecified atom stereocenters. The van der Waals surface area contributed by atoms with Crippen molar-refractivity contribution in [2.24, 2.45) is 17.8 Å². The van der Waals surface area contributed by atoms with Gasteiger partial charge in [0.2, 0.25) is 5.91 Å². The summed E-state index contributed by atoms with van der Waals surface area (Å²) in [5.41, 5.74) is 1.73. The van der Waals surface area contributed by atoms with Crippen LogP contribution in [0.25, 0.3) is 0 Å². The molecule has 1 aliphatic carbocycles. The number of non-ortho nitro benzene ring substituents is 1. The summed E-state index contributed by atoms with van der Waals surface area (Å²) < 4.78 is 17.5. The standard InChI is InChI=1S/C34H41N3O8/c1-21(2)27-14-8-22(3)16-31(27)44-20-32(38)36-18-23-9-11-25(12-10-23)35-19-24-6-5-7-30(43-4)33(24)45-29-15-13-26(37(41)42)17-28(29)34(39)40/h5-7,9-13,15,17,21-22,27,31,35H,8,14,16,18-20H2,1-4H3,(H,36,38)(H,39,40)/t22-,27+,31-/m1/s1. The Morgan fingerprint density at radius 1 is 1.04 bits per heavy atom. The number of hydrogen-bond acceptors (Lipinski definition) is 8. The number of para-hydroxylation sites is 1. The van der Waals surface area contributed by atoms with Gasteiger partial charge in [-0.2, -0.15) is 0 Å². The van der Waals surface area contributed by atoms with Gasteiger partial charge < -0.3 is 30.0 Å². The molecular formula is C34H41N3O8.